The molecule has 2 heterocycles. The molecule has 0 radical (unpaired) electrons. The second-order valence-corrected chi connectivity index (χ2v) is 10.8. The van der Waals surface area contributed by atoms with Crippen LogP contribution in [-0.4, -0.2) is 76.2 Å². The Labute approximate surface area is 245 Å². The molecule has 4 rings (SSSR count). The smallest absolute Gasteiger partial charge is 0.326 e. The van der Waals surface area contributed by atoms with E-state index in [-0.39, 0.29) is 41.7 Å². The molecule has 10 N–H and O–H groups in total. The first-order valence-electron chi connectivity index (χ1n) is 12.8. The van der Waals surface area contributed by atoms with E-state index in [0.29, 0.717) is 35.8 Å². The number of hydrogen-bond acceptors (Lipinski definition) is 11. The summed E-state index contributed by atoms with van der Waals surface area (Å²) in [6.45, 7) is 0.960. The first-order chi connectivity index (χ1) is 20.3. The lowest BCUT2D eigenvalue weighted by Crippen LogP contribution is -2.41. The molecule has 2 atom stereocenters. The van der Waals surface area contributed by atoms with Gasteiger partial charge < -0.3 is 37.2 Å². The van der Waals surface area contributed by atoms with E-state index in [1.807, 2.05) is 0 Å². The number of aromatic nitrogens is 2. The molecule has 1 aromatic heterocycles. The highest BCUT2D eigenvalue weighted by Crippen LogP contribution is 2.20. The van der Waals surface area contributed by atoms with Crippen molar-refractivity contribution in [2.75, 3.05) is 34.8 Å². The minimum absolute atomic E-state index is 0.0281. The number of nitrogens with one attached hydrogen (secondary N) is 5. The van der Waals surface area contributed by atoms with Crippen molar-refractivity contribution in [1.29, 1.82) is 0 Å². The molecule has 0 bridgehead atoms. The second-order valence-electron chi connectivity index (χ2n) is 9.36. The number of carbonyl (C=O) groups is 3. The van der Waals surface area contributed by atoms with E-state index in [0.717, 1.165) is 0 Å². The third-order valence-corrected chi connectivity index (χ3v) is 6.64. The zero-order chi connectivity index (χ0) is 31.6. The summed E-state index contributed by atoms with van der Waals surface area (Å²) >= 11 is 0. The SMILES string of the molecule is Nc1nc2c(c(=O)[nH]1)N[C@@H](CNc1ccc(C(=O)NC(CCC(=O)O)C(=O)O)cc1)CN2.O=S(=O)(O)Cc1ccccc1. The van der Waals surface area contributed by atoms with Gasteiger partial charge in [0.25, 0.3) is 21.6 Å². The number of nitrogen functional groups attached to an aromatic ring is 1. The van der Waals surface area contributed by atoms with Crippen molar-refractivity contribution >= 4 is 51.1 Å². The molecule has 0 spiro atoms. The lowest BCUT2D eigenvalue weighted by molar-refractivity contribution is -0.140. The highest BCUT2D eigenvalue weighted by atomic mass is 32.2. The Morgan fingerprint density at radius 3 is 2.35 bits per heavy atom. The number of benzene rings is 2. The number of hydrogen-bond donors (Lipinski definition) is 9. The zero-order valence-electron chi connectivity index (χ0n) is 22.6. The van der Waals surface area contributed by atoms with Crippen LogP contribution < -0.4 is 32.6 Å². The van der Waals surface area contributed by atoms with Gasteiger partial charge in [-0.25, -0.2) is 4.79 Å². The van der Waals surface area contributed by atoms with Crippen LogP contribution in [0.1, 0.15) is 28.8 Å². The normalized spacial score (nSPS) is 14.4. The molecule has 230 valence electrons. The summed E-state index contributed by atoms with van der Waals surface area (Å²) < 4.78 is 29.2. The Balaban J connectivity index is 0.000000386. The predicted octanol–water partition coefficient (Wildman–Crippen LogP) is 0.792. The summed E-state index contributed by atoms with van der Waals surface area (Å²) in [7, 11) is -3.88. The van der Waals surface area contributed by atoms with Gasteiger partial charge in [0.1, 0.15) is 17.5 Å². The molecule has 43 heavy (non-hydrogen) atoms. The van der Waals surface area contributed by atoms with Crippen LogP contribution >= 0.6 is 0 Å². The average molecular weight is 618 g/mol. The van der Waals surface area contributed by atoms with Gasteiger partial charge in [-0.1, -0.05) is 30.3 Å². The minimum Gasteiger partial charge on any atom is -0.481 e. The van der Waals surface area contributed by atoms with E-state index in [2.05, 4.69) is 31.2 Å². The molecule has 0 saturated heterocycles. The second kappa shape index (κ2) is 14.6. The van der Waals surface area contributed by atoms with E-state index in [1.54, 1.807) is 42.5 Å². The van der Waals surface area contributed by atoms with Crippen LogP contribution in [-0.2, 0) is 25.5 Å². The fourth-order valence-corrected chi connectivity index (χ4v) is 4.50. The minimum atomic E-state index is -3.88. The fourth-order valence-electron chi connectivity index (χ4n) is 3.88. The third-order valence-electron chi connectivity index (χ3n) is 5.94. The molecule has 0 fully saturated rings. The number of carboxylic acids is 2. The molecule has 16 nitrogen and oxygen atoms in total. The van der Waals surface area contributed by atoms with Gasteiger partial charge in [0.15, 0.2) is 5.82 Å². The number of aliphatic carboxylic acids is 2. The summed E-state index contributed by atoms with van der Waals surface area (Å²) in [5, 5.41) is 29.5. The van der Waals surface area contributed by atoms with Crippen LogP contribution in [0.2, 0.25) is 0 Å². The fraction of sp³-hybridized carbons (Fsp3) is 0.269. The lowest BCUT2D eigenvalue weighted by atomic mass is 10.1. The molecule has 0 aliphatic carbocycles. The van der Waals surface area contributed by atoms with Crippen molar-refractivity contribution in [3.8, 4) is 0 Å². The maximum Gasteiger partial charge on any atom is 0.326 e. The topological polar surface area (TPSA) is 266 Å². The molecular formula is C26H31N7O9S. The molecule has 2 aromatic carbocycles. The van der Waals surface area contributed by atoms with E-state index >= 15 is 0 Å². The monoisotopic (exact) mass is 617 g/mol. The van der Waals surface area contributed by atoms with Crippen molar-refractivity contribution < 1.29 is 37.6 Å². The van der Waals surface area contributed by atoms with Gasteiger partial charge in [-0.3, -0.25) is 23.9 Å². The van der Waals surface area contributed by atoms with Crippen LogP contribution in [0.4, 0.5) is 23.1 Å². The predicted molar refractivity (Wildman–Crippen MR) is 158 cm³/mol. The first kappa shape index (κ1) is 32.4. The average Bonchev–Trinajstić information content (AvgIpc) is 2.94. The maximum atomic E-state index is 12.3. The Morgan fingerprint density at radius 2 is 1.74 bits per heavy atom. The number of amides is 1. The summed E-state index contributed by atoms with van der Waals surface area (Å²) in [6, 6.07) is 13.5. The highest BCUT2D eigenvalue weighted by Gasteiger charge is 2.23. The molecule has 0 saturated carbocycles. The van der Waals surface area contributed by atoms with Crippen LogP contribution in [0, 0.1) is 0 Å². The van der Waals surface area contributed by atoms with Crippen LogP contribution in [0.15, 0.2) is 59.4 Å². The van der Waals surface area contributed by atoms with Crippen molar-refractivity contribution in [2.45, 2.75) is 30.7 Å². The molecule has 17 heteroatoms. The van der Waals surface area contributed by atoms with E-state index in [9.17, 15) is 27.6 Å². The first-order valence-corrected chi connectivity index (χ1v) is 14.4. The van der Waals surface area contributed by atoms with Gasteiger partial charge in [-0.15, -0.1) is 0 Å². The Kier molecular flexibility index (Phi) is 11.0. The molecule has 1 unspecified atom stereocenters. The molecule has 3 aromatic rings. The van der Waals surface area contributed by atoms with Crippen LogP contribution in [0.5, 0.6) is 0 Å². The van der Waals surface area contributed by atoms with E-state index < -0.39 is 34.0 Å². The molecule has 1 aliphatic heterocycles. The van der Waals surface area contributed by atoms with Crippen LogP contribution in [0.25, 0.3) is 0 Å². The van der Waals surface area contributed by atoms with E-state index in [4.69, 9.17) is 20.5 Å². The number of nitrogens with zero attached hydrogens (tertiary/aromatic N) is 1. The standard InChI is InChI=1S/C19H23N7O6.C7H8O3S/c20-19-25-15-14(17(30)26-19)23-11(8-22-15)7-21-10-3-1-9(2-4-10)16(29)24-12(18(31)32)5-6-13(27)28;8-11(9,10)6-7-4-2-1-3-5-7/h1-4,11-12,21,23H,5-8H2,(H,24,29)(H,27,28)(H,31,32)(H4,20,22,25,26,30);1-5H,6H2,(H,8,9,10)/t11-,12?;/m0./s1. The van der Waals surface area contributed by atoms with Gasteiger partial charge in [0.2, 0.25) is 5.95 Å². The number of carboxylic acid groups (broad SMARTS) is 2. The number of H-pyrrole nitrogens is 1. The molecule has 1 aliphatic rings. The van der Waals surface area contributed by atoms with E-state index in [1.165, 1.54) is 12.1 Å². The maximum absolute atomic E-state index is 12.3. The third kappa shape index (κ3) is 10.6. The van der Waals surface area contributed by atoms with Crippen LogP contribution in [0.3, 0.4) is 0 Å². The van der Waals surface area contributed by atoms with Crippen molar-refractivity contribution in [3.63, 3.8) is 0 Å². The van der Waals surface area contributed by atoms with Gasteiger partial charge >= 0.3 is 11.9 Å². The Morgan fingerprint density at radius 1 is 1.07 bits per heavy atom. The largest absolute Gasteiger partial charge is 0.481 e. The van der Waals surface area contributed by atoms with Gasteiger partial charge in [-0.05, 0) is 36.2 Å². The highest BCUT2D eigenvalue weighted by molar-refractivity contribution is 7.85. The Bertz CT molecular complexity index is 1600. The summed E-state index contributed by atoms with van der Waals surface area (Å²) in [6.07, 6.45) is -0.587. The molecular weight excluding hydrogens is 586 g/mol. The quantitative estimate of drug-likeness (QED) is 0.135. The Hall–Kier alpha value is -5.16. The number of carbonyl (C=O) groups excluding carboxylic acids is 1. The summed E-state index contributed by atoms with van der Waals surface area (Å²) in [5.74, 6) is -2.95. The number of anilines is 4. The number of rotatable bonds is 11. The van der Waals surface area contributed by atoms with Gasteiger partial charge in [0, 0.05) is 30.8 Å². The lowest BCUT2D eigenvalue weighted by Gasteiger charge is -2.27. The van der Waals surface area contributed by atoms with Gasteiger partial charge in [-0.2, -0.15) is 13.4 Å². The van der Waals surface area contributed by atoms with Crippen molar-refractivity contribution in [1.82, 2.24) is 15.3 Å². The zero-order valence-corrected chi connectivity index (χ0v) is 23.4. The van der Waals surface area contributed by atoms with Gasteiger partial charge in [0.05, 0.1) is 6.04 Å². The molecule has 1 amide bonds. The number of nitrogens with two attached hydrogens (primary N) is 1. The van der Waals surface area contributed by atoms with Crippen molar-refractivity contribution in [2.24, 2.45) is 0 Å². The number of fused-ring (bicyclic) bond motifs is 1. The van der Waals surface area contributed by atoms with Crippen molar-refractivity contribution in [3.05, 3.63) is 76.1 Å². The summed E-state index contributed by atoms with van der Waals surface area (Å²) in [5.41, 5.74) is 6.99. The summed E-state index contributed by atoms with van der Waals surface area (Å²) in [4.78, 5) is 52.6. The number of aromatic amines is 1.